The Morgan fingerprint density at radius 1 is 1.47 bits per heavy atom. The monoisotopic (exact) mass is 264 g/mol. The average Bonchev–Trinajstić information content (AvgIpc) is 2.35. The van der Waals surface area contributed by atoms with Crippen molar-refractivity contribution in [1.29, 1.82) is 0 Å². The van der Waals surface area contributed by atoms with Gasteiger partial charge in [0.05, 0.1) is 12.6 Å². The summed E-state index contributed by atoms with van der Waals surface area (Å²) in [6.45, 7) is 7.53. The van der Waals surface area contributed by atoms with E-state index >= 15 is 0 Å². The molecule has 0 aliphatic carbocycles. The van der Waals surface area contributed by atoms with E-state index in [4.69, 9.17) is 0 Å². The third-order valence-electron chi connectivity index (χ3n) is 3.30. The number of nitrogens with zero attached hydrogens (tertiary/aromatic N) is 3. The van der Waals surface area contributed by atoms with Gasteiger partial charge in [-0.3, -0.25) is 4.90 Å². The number of hydrogen-bond acceptors (Lipinski definition) is 5. The molecular weight excluding hydrogens is 240 g/mol. The molecular formula is C14H24N4O. The average molecular weight is 264 g/mol. The molecule has 1 atom stereocenters. The summed E-state index contributed by atoms with van der Waals surface area (Å²) in [7, 11) is 0. The molecule has 19 heavy (non-hydrogen) atoms. The molecule has 0 bridgehead atoms. The number of nitrogens with one attached hydrogen (secondary N) is 1. The van der Waals surface area contributed by atoms with Gasteiger partial charge in [0.1, 0.15) is 11.6 Å². The number of rotatable bonds is 5. The molecule has 1 unspecified atom stereocenters. The van der Waals surface area contributed by atoms with Crippen molar-refractivity contribution in [3.05, 3.63) is 17.6 Å². The van der Waals surface area contributed by atoms with Gasteiger partial charge in [-0.05, 0) is 32.7 Å². The van der Waals surface area contributed by atoms with Crippen molar-refractivity contribution in [2.24, 2.45) is 0 Å². The van der Waals surface area contributed by atoms with Crippen molar-refractivity contribution in [3.8, 4) is 0 Å². The largest absolute Gasteiger partial charge is 0.392 e. The minimum atomic E-state index is -0.198. The molecule has 1 aliphatic heterocycles. The molecule has 0 saturated carbocycles. The molecule has 1 aliphatic rings. The second kappa shape index (κ2) is 6.82. The fraction of sp³-hybridized carbons (Fsp3) is 0.714. The lowest BCUT2D eigenvalue weighted by Gasteiger charge is -2.29. The van der Waals surface area contributed by atoms with Gasteiger partial charge in [0, 0.05) is 24.8 Å². The van der Waals surface area contributed by atoms with Crippen molar-refractivity contribution < 1.29 is 5.11 Å². The van der Waals surface area contributed by atoms with Crippen LogP contribution in [-0.2, 0) is 6.54 Å². The zero-order chi connectivity index (χ0) is 13.7. The molecule has 0 spiro atoms. The summed E-state index contributed by atoms with van der Waals surface area (Å²) in [5.41, 5.74) is 0.987. The van der Waals surface area contributed by atoms with Gasteiger partial charge in [0.2, 0.25) is 0 Å². The van der Waals surface area contributed by atoms with E-state index in [1.807, 2.05) is 13.0 Å². The first-order valence-electron chi connectivity index (χ1n) is 7.16. The molecule has 2 heterocycles. The van der Waals surface area contributed by atoms with Crippen molar-refractivity contribution in [2.45, 2.75) is 45.8 Å². The standard InChI is InChI=1S/C14H24N4O/c1-3-6-15-13-8-11(2)16-14(17-13)10-18-7-4-5-12(19)9-18/h8,12,19H,3-7,9-10H2,1-2H3,(H,15,16,17). The molecule has 0 aromatic carbocycles. The SMILES string of the molecule is CCCNc1cc(C)nc(CN2CCCC(O)C2)n1. The fourth-order valence-electron chi connectivity index (χ4n) is 2.42. The number of aromatic nitrogens is 2. The van der Waals surface area contributed by atoms with Crippen LogP contribution in [0.2, 0.25) is 0 Å². The zero-order valence-electron chi connectivity index (χ0n) is 11.9. The van der Waals surface area contributed by atoms with Gasteiger partial charge >= 0.3 is 0 Å². The molecule has 1 aromatic heterocycles. The zero-order valence-corrected chi connectivity index (χ0v) is 11.9. The second-order valence-electron chi connectivity index (χ2n) is 5.27. The predicted octanol–water partition coefficient (Wildman–Crippen LogP) is 1.56. The molecule has 106 valence electrons. The molecule has 0 radical (unpaired) electrons. The van der Waals surface area contributed by atoms with E-state index in [0.717, 1.165) is 62.8 Å². The molecule has 5 heteroatoms. The van der Waals surface area contributed by atoms with Crippen molar-refractivity contribution in [1.82, 2.24) is 14.9 Å². The van der Waals surface area contributed by atoms with Crippen LogP contribution in [0.5, 0.6) is 0 Å². The Hall–Kier alpha value is -1.20. The number of anilines is 1. The highest BCUT2D eigenvalue weighted by Gasteiger charge is 2.18. The fourth-order valence-corrected chi connectivity index (χ4v) is 2.42. The van der Waals surface area contributed by atoms with Crippen LogP contribution in [0.3, 0.4) is 0 Å². The van der Waals surface area contributed by atoms with Crippen LogP contribution in [0.15, 0.2) is 6.07 Å². The number of aryl methyl sites for hydroxylation is 1. The van der Waals surface area contributed by atoms with E-state index < -0.39 is 0 Å². The van der Waals surface area contributed by atoms with E-state index in [2.05, 4.69) is 27.1 Å². The number of aliphatic hydroxyl groups excluding tert-OH is 1. The van der Waals surface area contributed by atoms with E-state index in [-0.39, 0.29) is 6.10 Å². The van der Waals surface area contributed by atoms with Gasteiger partial charge in [-0.15, -0.1) is 0 Å². The molecule has 1 aromatic rings. The molecule has 2 N–H and O–H groups in total. The van der Waals surface area contributed by atoms with E-state index in [0.29, 0.717) is 0 Å². The summed E-state index contributed by atoms with van der Waals surface area (Å²) >= 11 is 0. The Morgan fingerprint density at radius 3 is 3.05 bits per heavy atom. The lowest BCUT2D eigenvalue weighted by Crippen LogP contribution is -2.38. The van der Waals surface area contributed by atoms with Crippen LogP contribution in [0, 0.1) is 6.92 Å². The lowest BCUT2D eigenvalue weighted by molar-refractivity contribution is 0.0655. The predicted molar refractivity (Wildman–Crippen MR) is 76.1 cm³/mol. The van der Waals surface area contributed by atoms with Crippen molar-refractivity contribution in [2.75, 3.05) is 25.0 Å². The van der Waals surface area contributed by atoms with Crippen LogP contribution >= 0.6 is 0 Å². The van der Waals surface area contributed by atoms with Crippen LogP contribution in [0.25, 0.3) is 0 Å². The summed E-state index contributed by atoms with van der Waals surface area (Å²) in [6, 6.07) is 1.98. The summed E-state index contributed by atoms with van der Waals surface area (Å²) in [4.78, 5) is 11.3. The van der Waals surface area contributed by atoms with Crippen LogP contribution in [0.4, 0.5) is 5.82 Å². The number of likely N-dealkylation sites (tertiary alicyclic amines) is 1. The number of piperidine rings is 1. The third-order valence-corrected chi connectivity index (χ3v) is 3.30. The first kappa shape index (κ1) is 14.2. The van der Waals surface area contributed by atoms with Crippen LogP contribution < -0.4 is 5.32 Å². The van der Waals surface area contributed by atoms with Crippen molar-refractivity contribution in [3.63, 3.8) is 0 Å². The maximum atomic E-state index is 9.69. The Bertz CT molecular complexity index is 410. The molecule has 0 amide bonds. The Labute approximate surface area is 115 Å². The van der Waals surface area contributed by atoms with Crippen LogP contribution in [-0.4, -0.2) is 45.7 Å². The minimum absolute atomic E-state index is 0.198. The lowest BCUT2D eigenvalue weighted by atomic mass is 10.1. The summed E-state index contributed by atoms with van der Waals surface area (Å²) < 4.78 is 0. The van der Waals surface area contributed by atoms with E-state index in [1.54, 1.807) is 0 Å². The first-order chi connectivity index (χ1) is 9.17. The highest BCUT2D eigenvalue weighted by atomic mass is 16.3. The first-order valence-corrected chi connectivity index (χ1v) is 7.16. The number of hydrogen-bond donors (Lipinski definition) is 2. The second-order valence-corrected chi connectivity index (χ2v) is 5.27. The molecule has 1 fully saturated rings. The Balaban J connectivity index is 2.00. The number of β-amino-alcohol motifs (C(OH)–C–C–N with tert-alkyl or cyclic N) is 1. The minimum Gasteiger partial charge on any atom is -0.392 e. The summed E-state index contributed by atoms with van der Waals surface area (Å²) in [5, 5.41) is 13.0. The molecule has 5 nitrogen and oxygen atoms in total. The highest BCUT2D eigenvalue weighted by molar-refractivity contribution is 5.35. The van der Waals surface area contributed by atoms with Crippen LogP contribution in [0.1, 0.15) is 37.7 Å². The van der Waals surface area contributed by atoms with Gasteiger partial charge in [0.25, 0.3) is 0 Å². The maximum Gasteiger partial charge on any atom is 0.144 e. The van der Waals surface area contributed by atoms with E-state index in [9.17, 15) is 5.11 Å². The van der Waals surface area contributed by atoms with Gasteiger partial charge in [-0.2, -0.15) is 0 Å². The molecule has 1 saturated heterocycles. The maximum absolute atomic E-state index is 9.69. The van der Waals surface area contributed by atoms with Gasteiger partial charge in [-0.1, -0.05) is 6.92 Å². The quantitative estimate of drug-likeness (QED) is 0.845. The van der Waals surface area contributed by atoms with E-state index in [1.165, 1.54) is 0 Å². The van der Waals surface area contributed by atoms with Gasteiger partial charge in [-0.25, -0.2) is 9.97 Å². The highest BCUT2D eigenvalue weighted by Crippen LogP contribution is 2.13. The Morgan fingerprint density at radius 2 is 2.32 bits per heavy atom. The summed E-state index contributed by atoms with van der Waals surface area (Å²) in [6.07, 6.45) is 2.84. The summed E-state index contributed by atoms with van der Waals surface area (Å²) in [5.74, 6) is 1.75. The van der Waals surface area contributed by atoms with Gasteiger partial charge < -0.3 is 10.4 Å². The molecule has 2 rings (SSSR count). The van der Waals surface area contributed by atoms with Gasteiger partial charge in [0.15, 0.2) is 0 Å². The van der Waals surface area contributed by atoms with Crippen molar-refractivity contribution >= 4 is 5.82 Å². The topological polar surface area (TPSA) is 61.3 Å². The number of aliphatic hydroxyl groups is 1. The normalized spacial score (nSPS) is 20.5. The Kier molecular flexibility index (Phi) is 5.10. The third kappa shape index (κ3) is 4.44. The smallest absolute Gasteiger partial charge is 0.144 e.